The van der Waals surface area contributed by atoms with Crippen molar-refractivity contribution < 1.29 is 17.6 Å². The summed E-state index contributed by atoms with van der Waals surface area (Å²) in [5, 5.41) is 8.92. The highest BCUT2D eigenvalue weighted by atomic mass is 19.4. The van der Waals surface area contributed by atoms with E-state index in [-0.39, 0.29) is 23.0 Å². The minimum Gasteiger partial charge on any atom is -0.336 e. The number of aromatic nitrogens is 6. The van der Waals surface area contributed by atoms with E-state index >= 15 is 0 Å². The van der Waals surface area contributed by atoms with Gasteiger partial charge in [-0.05, 0) is 48.6 Å². The number of rotatable bonds is 4. The number of imidazole rings is 1. The van der Waals surface area contributed by atoms with E-state index in [2.05, 4.69) is 20.2 Å². The van der Waals surface area contributed by atoms with Crippen LogP contribution >= 0.6 is 0 Å². The van der Waals surface area contributed by atoms with E-state index in [0.717, 1.165) is 30.4 Å². The maximum absolute atomic E-state index is 14.5. The molecule has 0 spiro atoms. The third-order valence-electron chi connectivity index (χ3n) is 5.73. The number of hydrogen-bond donors (Lipinski definition) is 1. The lowest BCUT2D eigenvalue weighted by molar-refractivity contribution is -0.140. The summed E-state index contributed by atoms with van der Waals surface area (Å²) in [6.45, 7) is 0.558. The first-order chi connectivity index (χ1) is 15.4. The number of aryl methyl sites for hydroxylation is 1. The topological polar surface area (TPSA) is 72.3 Å². The van der Waals surface area contributed by atoms with Gasteiger partial charge in [-0.3, -0.25) is 4.98 Å². The monoisotopic (exact) mass is 442 g/mol. The average Bonchev–Trinajstić information content (AvgIpc) is 3.44. The number of halogens is 4. The van der Waals surface area contributed by atoms with Crippen LogP contribution in [0.2, 0.25) is 0 Å². The van der Waals surface area contributed by atoms with Crippen LogP contribution < -0.4 is 0 Å². The van der Waals surface area contributed by atoms with Crippen LogP contribution in [0.3, 0.4) is 0 Å². The Morgan fingerprint density at radius 1 is 1.09 bits per heavy atom. The predicted octanol–water partition coefficient (Wildman–Crippen LogP) is 5.01. The molecule has 4 aromatic rings. The molecule has 0 radical (unpaired) electrons. The number of nitrogens with zero attached hydrogens (tertiary/aromatic N) is 5. The van der Waals surface area contributed by atoms with Gasteiger partial charge in [0.2, 0.25) is 0 Å². The first-order valence-electron chi connectivity index (χ1n) is 10.1. The number of aromatic amines is 1. The van der Waals surface area contributed by atoms with Gasteiger partial charge in [0.05, 0.1) is 12.0 Å². The van der Waals surface area contributed by atoms with Crippen molar-refractivity contribution in [3.63, 3.8) is 0 Å². The first-order valence-corrected chi connectivity index (χ1v) is 10.1. The van der Waals surface area contributed by atoms with Crippen LogP contribution in [0.4, 0.5) is 17.6 Å². The minimum absolute atomic E-state index is 0.0331. The fraction of sp³-hybridized carbons (Fsp3) is 0.273. The fourth-order valence-corrected chi connectivity index (χ4v) is 4.32. The highest BCUT2D eigenvalue weighted by Gasteiger charge is 2.38. The van der Waals surface area contributed by atoms with Gasteiger partial charge in [-0.1, -0.05) is 12.1 Å². The summed E-state index contributed by atoms with van der Waals surface area (Å²) in [6.07, 6.45) is 2.93. The number of alkyl halides is 3. The van der Waals surface area contributed by atoms with Crippen molar-refractivity contribution in [2.45, 2.75) is 37.9 Å². The third-order valence-corrected chi connectivity index (χ3v) is 5.73. The molecule has 164 valence electrons. The summed E-state index contributed by atoms with van der Waals surface area (Å²) >= 11 is 0. The fourth-order valence-electron chi connectivity index (χ4n) is 4.32. The van der Waals surface area contributed by atoms with Crippen LogP contribution in [-0.2, 0) is 19.1 Å². The number of fused-ring (bicyclic) bond motifs is 1. The maximum atomic E-state index is 14.5. The van der Waals surface area contributed by atoms with Gasteiger partial charge in [0.25, 0.3) is 0 Å². The van der Waals surface area contributed by atoms with Crippen LogP contribution in [-0.4, -0.2) is 29.9 Å². The second-order valence-corrected chi connectivity index (χ2v) is 7.81. The summed E-state index contributed by atoms with van der Waals surface area (Å²) in [5.74, 6) is -0.152. The molecule has 0 aliphatic heterocycles. The molecule has 0 amide bonds. The largest absolute Gasteiger partial charge is 0.437 e. The van der Waals surface area contributed by atoms with Gasteiger partial charge in [-0.25, -0.2) is 9.37 Å². The van der Waals surface area contributed by atoms with Gasteiger partial charge in [0.1, 0.15) is 17.2 Å². The zero-order valence-electron chi connectivity index (χ0n) is 16.8. The number of pyridine rings is 1. The van der Waals surface area contributed by atoms with E-state index < -0.39 is 11.9 Å². The Kier molecular flexibility index (Phi) is 4.99. The lowest BCUT2D eigenvalue weighted by Gasteiger charge is -2.26. The quantitative estimate of drug-likeness (QED) is 0.451. The third kappa shape index (κ3) is 3.76. The van der Waals surface area contributed by atoms with E-state index in [1.165, 1.54) is 24.4 Å². The van der Waals surface area contributed by atoms with Gasteiger partial charge < -0.3 is 4.57 Å². The molecule has 0 unspecified atom stereocenters. The first kappa shape index (κ1) is 20.3. The normalized spacial score (nSPS) is 16.2. The molecule has 1 aromatic carbocycles. The number of benzene rings is 1. The second-order valence-electron chi connectivity index (χ2n) is 7.81. The van der Waals surface area contributed by atoms with Gasteiger partial charge in [-0.2, -0.15) is 28.6 Å². The molecular weight excluding hydrogens is 424 g/mol. The van der Waals surface area contributed by atoms with Crippen molar-refractivity contribution in [2.24, 2.45) is 0 Å². The summed E-state index contributed by atoms with van der Waals surface area (Å²) in [5.41, 5.74) is 1.58. The lowest BCUT2D eigenvalue weighted by atomic mass is 9.82. The highest BCUT2D eigenvalue weighted by Crippen LogP contribution is 2.36. The Labute approximate surface area is 180 Å². The SMILES string of the molecule is Fc1cccc2c1[C@@H](Cn1cnc(-c3cc(-c4n[nH]nc4C(F)(F)F)ccn3)c1)CCC2. The average molecular weight is 442 g/mol. The highest BCUT2D eigenvalue weighted by molar-refractivity contribution is 5.67. The molecule has 5 rings (SSSR count). The van der Waals surface area contributed by atoms with Crippen LogP contribution in [0, 0.1) is 5.82 Å². The predicted molar refractivity (Wildman–Crippen MR) is 108 cm³/mol. The molecule has 10 heteroatoms. The van der Waals surface area contributed by atoms with Crippen molar-refractivity contribution >= 4 is 0 Å². The van der Waals surface area contributed by atoms with Crippen LogP contribution in [0.15, 0.2) is 49.1 Å². The summed E-state index contributed by atoms with van der Waals surface area (Å²) in [4.78, 5) is 8.61. The van der Waals surface area contributed by atoms with Crippen molar-refractivity contribution in [3.8, 4) is 22.6 Å². The molecule has 0 saturated carbocycles. The van der Waals surface area contributed by atoms with Gasteiger partial charge >= 0.3 is 6.18 Å². The zero-order valence-corrected chi connectivity index (χ0v) is 16.8. The molecule has 6 nitrogen and oxygen atoms in total. The Morgan fingerprint density at radius 3 is 2.81 bits per heavy atom. The second kappa shape index (κ2) is 7.85. The number of H-pyrrole nitrogens is 1. The van der Waals surface area contributed by atoms with E-state index in [4.69, 9.17) is 0 Å². The molecule has 1 atom stereocenters. The number of nitrogens with one attached hydrogen (secondary N) is 1. The molecule has 1 N–H and O–H groups in total. The van der Waals surface area contributed by atoms with Gasteiger partial charge in [0, 0.05) is 30.4 Å². The van der Waals surface area contributed by atoms with E-state index in [0.29, 0.717) is 17.9 Å². The molecule has 0 fully saturated rings. The summed E-state index contributed by atoms with van der Waals surface area (Å²) in [6, 6.07) is 8.14. The molecule has 32 heavy (non-hydrogen) atoms. The molecule has 1 aliphatic carbocycles. The summed E-state index contributed by atoms with van der Waals surface area (Å²) < 4.78 is 55.8. The van der Waals surface area contributed by atoms with E-state index in [1.54, 1.807) is 18.6 Å². The summed E-state index contributed by atoms with van der Waals surface area (Å²) in [7, 11) is 0. The maximum Gasteiger partial charge on any atom is 0.437 e. The number of hydrogen-bond acceptors (Lipinski definition) is 4. The van der Waals surface area contributed by atoms with Crippen LogP contribution in [0.25, 0.3) is 22.6 Å². The smallest absolute Gasteiger partial charge is 0.336 e. The lowest BCUT2D eigenvalue weighted by Crippen LogP contribution is -2.16. The Balaban J connectivity index is 1.41. The Hall–Kier alpha value is -3.56. The molecule has 3 heterocycles. The van der Waals surface area contributed by atoms with Crippen molar-refractivity contribution in [1.82, 2.24) is 29.9 Å². The molecule has 0 bridgehead atoms. The minimum atomic E-state index is -4.63. The molecule has 0 saturated heterocycles. The van der Waals surface area contributed by atoms with Crippen molar-refractivity contribution in [3.05, 3.63) is 71.7 Å². The van der Waals surface area contributed by atoms with Crippen LogP contribution in [0.5, 0.6) is 0 Å². The van der Waals surface area contributed by atoms with Crippen LogP contribution in [0.1, 0.15) is 35.6 Å². The van der Waals surface area contributed by atoms with Crippen molar-refractivity contribution in [2.75, 3.05) is 0 Å². The molecular formula is C22H18F4N6. The zero-order chi connectivity index (χ0) is 22.3. The van der Waals surface area contributed by atoms with Crippen molar-refractivity contribution in [1.29, 1.82) is 0 Å². The Morgan fingerprint density at radius 2 is 1.97 bits per heavy atom. The molecule has 3 aromatic heterocycles. The standard InChI is InChI=1S/C22H18F4N6/c23-16-6-2-4-13-3-1-5-15(19(13)16)10-32-11-18(28-12-32)17-9-14(7-8-27-17)20-21(22(24,25)26)30-31-29-20/h2,4,6-9,11-12,15H,1,3,5,10H2,(H,29,30,31)/t15-/m1/s1. The Bertz CT molecular complexity index is 1260. The van der Waals surface area contributed by atoms with Gasteiger partial charge in [-0.15, -0.1) is 0 Å². The molecule has 1 aliphatic rings. The van der Waals surface area contributed by atoms with E-state index in [1.807, 2.05) is 15.8 Å². The van der Waals surface area contributed by atoms with Gasteiger partial charge in [0.15, 0.2) is 5.69 Å². The van der Waals surface area contributed by atoms with E-state index in [9.17, 15) is 17.6 Å².